The van der Waals surface area contributed by atoms with Gasteiger partial charge in [0, 0.05) is 23.6 Å². The maximum Gasteiger partial charge on any atom is 0.280 e. The molecular formula is C15H14F2N4OS. The van der Waals surface area contributed by atoms with Crippen molar-refractivity contribution in [3.63, 3.8) is 0 Å². The highest BCUT2D eigenvalue weighted by Crippen LogP contribution is 2.25. The summed E-state index contributed by atoms with van der Waals surface area (Å²) in [5, 5.41) is 6.74. The average Bonchev–Trinajstić information content (AvgIpc) is 3.15. The van der Waals surface area contributed by atoms with E-state index in [1.165, 1.54) is 18.3 Å². The zero-order chi connectivity index (χ0) is 16.4. The Hall–Kier alpha value is -2.22. The van der Waals surface area contributed by atoms with E-state index >= 15 is 0 Å². The second-order valence-electron chi connectivity index (χ2n) is 5.42. The normalized spacial score (nSPS) is 11.6. The van der Waals surface area contributed by atoms with Crippen molar-refractivity contribution >= 4 is 11.3 Å². The number of pyridine rings is 1. The Balaban J connectivity index is 1.81. The molecule has 23 heavy (non-hydrogen) atoms. The SMILES string of the molecule is CC(C)Cc1nc(-c2nc(-c3ccc(C(F)F)nc3)no2)cs1. The number of alkyl halides is 2. The Morgan fingerprint density at radius 2 is 2.04 bits per heavy atom. The standard InChI is InChI=1S/C15H14F2N4OS/c1-8(2)5-12-19-11(7-23-12)15-20-14(21-22-15)9-3-4-10(13(16)17)18-6-9/h3-4,6-8,13H,5H2,1-2H3. The summed E-state index contributed by atoms with van der Waals surface area (Å²) in [6, 6.07) is 2.74. The molecule has 0 aromatic carbocycles. The molecule has 0 aliphatic carbocycles. The molecule has 0 amide bonds. The minimum absolute atomic E-state index is 0.282. The molecule has 0 bridgehead atoms. The highest BCUT2D eigenvalue weighted by atomic mass is 32.1. The van der Waals surface area contributed by atoms with Crippen LogP contribution in [0.4, 0.5) is 8.78 Å². The molecule has 0 atom stereocenters. The third kappa shape index (κ3) is 3.58. The van der Waals surface area contributed by atoms with Crippen LogP contribution in [0.25, 0.3) is 23.0 Å². The van der Waals surface area contributed by atoms with Crippen molar-refractivity contribution < 1.29 is 13.3 Å². The fourth-order valence-corrected chi connectivity index (χ4v) is 2.95. The number of halogens is 2. The molecule has 3 heterocycles. The summed E-state index contributed by atoms with van der Waals surface area (Å²) in [5.41, 5.74) is 0.860. The smallest absolute Gasteiger partial charge is 0.280 e. The Morgan fingerprint density at radius 3 is 2.70 bits per heavy atom. The number of hydrogen-bond donors (Lipinski definition) is 0. The molecule has 0 radical (unpaired) electrons. The topological polar surface area (TPSA) is 64.7 Å². The van der Waals surface area contributed by atoms with E-state index in [1.807, 2.05) is 5.38 Å². The molecule has 5 nitrogen and oxygen atoms in total. The van der Waals surface area contributed by atoms with E-state index in [9.17, 15) is 8.78 Å². The first-order valence-electron chi connectivity index (χ1n) is 7.06. The Morgan fingerprint density at radius 1 is 1.22 bits per heavy atom. The summed E-state index contributed by atoms with van der Waals surface area (Å²) in [7, 11) is 0. The van der Waals surface area contributed by atoms with Crippen LogP contribution in [0.2, 0.25) is 0 Å². The van der Waals surface area contributed by atoms with Crippen molar-refractivity contribution in [2.75, 3.05) is 0 Å². The fourth-order valence-electron chi connectivity index (χ4n) is 1.96. The summed E-state index contributed by atoms with van der Waals surface area (Å²) < 4.78 is 30.2. The number of aromatic nitrogens is 4. The molecule has 0 N–H and O–H groups in total. The summed E-state index contributed by atoms with van der Waals surface area (Å²) in [5.74, 6) is 1.13. The molecule has 0 aliphatic heterocycles. The van der Waals surface area contributed by atoms with E-state index in [-0.39, 0.29) is 5.69 Å². The minimum atomic E-state index is -2.60. The van der Waals surface area contributed by atoms with Gasteiger partial charge in [-0.1, -0.05) is 19.0 Å². The highest BCUT2D eigenvalue weighted by molar-refractivity contribution is 7.09. The highest BCUT2D eigenvalue weighted by Gasteiger charge is 2.15. The van der Waals surface area contributed by atoms with Crippen molar-refractivity contribution in [2.45, 2.75) is 26.7 Å². The van der Waals surface area contributed by atoms with Gasteiger partial charge in [0.25, 0.3) is 12.3 Å². The van der Waals surface area contributed by atoms with Gasteiger partial charge in [-0.3, -0.25) is 4.98 Å². The molecule has 3 aromatic rings. The van der Waals surface area contributed by atoms with Crippen molar-refractivity contribution in [3.8, 4) is 23.0 Å². The fraction of sp³-hybridized carbons (Fsp3) is 0.333. The van der Waals surface area contributed by atoms with Crippen LogP contribution in [0.15, 0.2) is 28.2 Å². The predicted octanol–water partition coefficient (Wildman–Crippen LogP) is 4.39. The first-order valence-corrected chi connectivity index (χ1v) is 7.94. The van der Waals surface area contributed by atoms with Gasteiger partial charge in [-0.05, 0) is 18.1 Å². The number of nitrogens with zero attached hydrogens (tertiary/aromatic N) is 4. The van der Waals surface area contributed by atoms with Crippen LogP contribution in [0, 0.1) is 5.92 Å². The second kappa shape index (κ2) is 6.49. The van der Waals surface area contributed by atoms with Crippen molar-refractivity contribution in [3.05, 3.63) is 34.4 Å². The van der Waals surface area contributed by atoms with E-state index in [1.54, 1.807) is 11.3 Å². The largest absolute Gasteiger partial charge is 0.332 e. The van der Waals surface area contributed by atoms with Gasteiger partial charge >= 0.3 is 0 Å². The van der Waals surface area contributed by atoms with Gasteiger partial charge < -0.3 is 4.52 Å². The molecule has 0 saturated heterocycles. The number of rotatable bonds is 5. The lowest BCUT2D eigenvalue weighted by atomic mass is 10.1. The monoisotopic (exact) mass is 336 g/mol. The number of hydrogen-bond acceptors (Lipinski definition) is 6. The lowest BCUT2D eigenvalue weighted by Crippen LogP contribution is -1.93. The van der Waals surface area contributed by atoms with Gasteiger partial charge in [-0.15, -0.1) is 11.3 Å². The maximum atomic E-state index is 12.5. The van der Waals surface area contributed by atoms with Crippen LogP contribution in [0.1, 0.15) is 31.0 Å². The quantitative estimate of drug-likeness (QED) is 0.691. The van der Waals surface area contributed by atoms with Crippen LogP contribution < -0.4 is 0 Å². The van der Waals surface area contributed by atoms with Gasteiger partial charge in [0.2, 0.25) is 5.82 Å². The zero-order valence-electron chi connectivity index (χ0n) is 12.5. The minimum Gasteiger partial charge on any atom is -0.332 e. The molecule has 0 fully saturated rings. The van der Waals surface area contributed by atoms with Gasteiger partial charge in [0.1, 0.15) is 11.4 Å². The van der Waals surface area contributed by atoms with Crippen molar-refractivity contribution in [1.29, 1.82) is 0 Å². The van der Waals surface area contributed by atoms with E-state index < -0.39 is 6.43 Å². The summed E-state index contributed by atoms with van der Waals surface area (Å²) >= 11 is 1.55. The Labute approximate surface area is 135 Å². The molecule has 0 spiro atoms. The van der Waals surface area contributed by atoms with Crippen LogP contribution in [-0.4, -0.2) is 20.1 Å². The van der Waals surface area contributed by atoms with Gasteiger partial charge in [-0.25, -0.2) is 13.8 Å². The van der Waals surface area contributed by atoms with E-state index in [2.05, 4.69) is 34.0 Å². The molecule has 0 unspecified atom stereocenters. The predicted molar refractivity (Wildman–Crippen MR) is 82.1 cm³/mol. The maximum absolute atomic E-state index is 12.5. The molecule has 3 aromatic heterocycles. The summed E-state index contributed by atoms with van der Waals surface area (Å²) in [4.78, 5) is 12.4. The first kappa shape index (κ1) is 15.7. The molecule has 8 heteroatoms. The zero-order valence-corrected chi connectivity index (χ0v) is 13.3. The summed E-state index contributed by atoms with van der Waals surface area (Å²) in [6.45, 7) is 4.25. The third-order valence-electron chi connectivity index (χ3n) is 3.05. The van der Waals surface area contributed by atoms with Crippen LogP contribution in [-0.2, 0) is 6.42 Å². The van der Waals surface area contributed by atoms with Gasteiger partial charge in [0.15, 0.2) is 0 Å². The average molecular weight is 336 g/mol. The van der Waals surface area contributed by atoms with Crippen molar-refractivity contribution in [2.24, 2.45) is 5.92 Å². The number of thiazole rings is 1. The summed E-state index contributed by atoms with van der Waals surface area (Å²) in [6.07, 6.45) is -0.397. The van der Waals surface area contributed by atoms with E-state index in [0.717, 1.165) is 11.4 Å². The van der Waals surface area contributed by atoms with Crippen LogP contribution >= 0.6 is 11.3 Å². The second-order valence-corrected chi connectivity index (χ2v) is 6.36. The Bertz CT molecular complexity index is 783. The first-order chi connectivity index (χ1) is 11.0. The lowest BCUT2D eigenvalue weighted by Gasteiger charge is -1.98. The third-order valence-corrected chi connectivity index (χ3v) is 3.92. The van der Waals surface area contributed by atoms with Crippen LogP contribution in [0.3, 0.4) is 0 Å². The molecule has 120 valence electrons. The van der Waals surface area contributed by atoms with E-state index in [4.69, 9.17) is 4.52 Å². The molecule has 3 rings (SSSR count). The molecular weight excluding hydrogens is 322 g/mol. The molecule has 0 saturated carbocycles. The van der Waals surface area contributed by atoms with Crippen molar-refractivity contribution in [1.82, 2.24) is 20.1 Å². The van der Waals surface area contributed by atoms with Gasteiger partial charge in [0.05, 0.1) is 5.01 Å². The lowest BCUT2D eigenvalue weighted by molar-refractivity contribution is 0.146. The Kier molecular flexibility index (Phi) is 4.42. The van der Waals surface area contributed by atoms with E-state index in [0.29, 0.717) is 28.9 Å². The molecule has 0 aliphatic rings. The van der Waals surface area contributed by atoms with Gasteiger partial charge in [-0.2, -0.15) is 4.98 Å². The van der Waals surface area contributed by atoms with Crippen LogP contribution in [0.5, 0.6) is 0 Å².